The Morgan fingerprint density at radius 2 is 1.86 bits per heavy atom. The summed E-state index contributed by atoms with van der Waals surface area (Å²) < 4.78 is 37.7. The maximum absolute atomic E-state index is 12.6. The summed E-state index contributed by atoms with van der Waals surface area (Å²) in [6.45, 7) is 0. The van der Waals surface area contributed by atoms with Gasteiger partial charge in [-0.15, -0.1) is 0 Å². The Hall–Kier alpha value is -3.07. The van der Waals surface area contributed by atoms with Gasteiger partial charge in [0.1, 0.15) is 12.0 Å². The minimum absolute atomic E-state index is 0.0122. The largest absolute Gasteiger partial charge is 0.416 e. The second-order valence-corrected chi connectivity index (χ2v) is 6.42. The summed E-state index contributed by atoms with van der Waals surface area (Å²) in [5.74, 6) is 0.478. The number of alkyl halides is 3. The summed E-state index contributed by atoms with van der Waals surface area (Å²) in [5, 5.41) is 8.97. The second kappa shape index (κ2) is 8.30. The highest BCUT2D eigenvalue weighted by Crippen LogP contribution is 2.29. The van der Waals surface area contributed by atoms with Gasteiger partial charge in [-0.3, -0.25) is 9.79 Å². The first-order valence-electron chi connectivity index (χ1n) is 8.68. The molecule has 9 heteroatoms. The van der Waals surface area contributed by atoms with Gasteiger partial charge in [0.05, 0.1) is 18.3 Å². The zero-order valence-corrected chi connectivity index (χ0v) is 14.9. The molecule has 0 spiro atoms. The Morgan fingerprint density at radius 1 is 1.18 bits per heavy atom. The van der Waals surface area contributed by atoms with Gasteiger partial charge < -0.3 is 21.7 Å². The third kappa shape index (κ3) is 5.46. The van der Waals surface area contributed by atoms with E-state index in [0.717, 1.165) is 29.3 Å². The zero-order valence-electron chi connectivity index (χ0n) is 14.9. The molecule has 28 heavy (non-hydrogen) atoms. The first kappa shape index (κ1) is 19.7. The van der Waals surface area contributed by atoms with E-state index in [-0.39, 0.29) is 18.5 Å². The molecule has 0 saturated heterocycles. The van der Waals surface area contributed by atoms with Crippen molar-refractivity contribution in [2.24, 2.45) is 10.7 Å². The summed E-state index contributed by atoms with van der Waals surface area (Å²) >= 11 is 0. The van der Waals surface area contributed by atoms with E-state index in [9.17, 15) is 18.0 Å². The van der Waals surface area contributed by atoms with Gasteiger partial charge in [-0.25, -0.2) is 0 Å². The van der Waals surface area contributed by atoms with Crippen LogP contribution in [0.15, 0.2) is 64.7 Å². The highest BCUT2D eigenvalue weighted by Gasteiger charge is 2.30. The van der Waals surface area contributed by atoms with E-state index < -0.39 is 11.7 Å². The van der Waals surface area contributed by atoms with Crippen LogP contribution in [0.5, 0.6) is 0 Å². The maximum Gasteiger partial charge on any atom is 0.416 e. The van der Waals surface area contributed by atoms with Crippen LogP contribution >= 0.6 is 0 Å². The first-order chi connectivity index (χ1) is 13.3. The standard InChI is InChI=1S/C19H20F3N5O/c20-19(21,22)13-3-1-12(2-4-13)9-18(28)27-15-7-5-14(6-8-15)26-17-10-16(23)24-11-25-17/h1-5,7,10-11,16,26H,6,8-9,23H2,(H,24,25)(H,27,28). The Morgan fingerprint density at radius 3 is 2.46 bits per heavy atom. The number of aliphatic imine (C=N–C) groups is 1. The van der Waals surface area contributed by atoms with Gasteiger partial charge in [0.2, 0.25) is 5.91 Å². The van der Waals surface area contributed by atoms with Gasteiger partial charge in [-0.05, 0) is 48.8 Å². The van der Waals surface area contributed by atoms with Crippen molar-refractivity contribution in [2.45, 2.75) is 31.6 Å². The summed E-state index contributed by atoms with van der Waals surface area (Å²) in [7, 11) is 0. The molecule has 1 amide bonds. The zero-order chi connectivity index (χ0) is 20.1. The number of rotatable bonds is 5. The number of carbonyl (C=O) groups is 1. The monoisotopic (exact) mass is 391 g/mol. The molecule has 0 radical (unpaired) electrons. The third-order valence-electron chi connectivity index (χ3n) is 4.19. The SMILES string of the molecule is NC1C=C(NC2=CC=C(NC(=O)Cc3ccc(C(F)(F)F)cc3)CC2)NC=N1. The van der Waals surface area contributed by atoms with E-state index in [1.165, 1.54) is 18.5 Å². The Labute approximate surface area is 160 Å². The van der Waals surface area contributed by atoms with Crippen LogP contribution in [0, 0.1) is 0 Å². The number of benzene rings is 1. The molecule has 0 bridgehead atoms. The van der Waals surface area contributed by atoms with Crippen molar-refractivity contribution in [3.63, 3.8) is 0 Å². The predicted octanol–water partition coefficient (Wildman–Crippen LogP) is 2.27. The Balaban J connectivity index is 1.52. The van der Waals surface area contributed by atoms with Crippen molar-refractivity contribution in [2.75, 3.05) is 0 Å². The number of hydrogen-bond acceptors (Lipinski definition) is 5. The summed E-state index contributed by atoms with van der Waals surface area (Å²) in [6, 6.07) is 4.60. The smallest absolute Gasteiger partial charge is 0.345 e. The minimum Gasteiger partial charge on any atom is -0.345 e. The van der Waals surface area contributed by atoms with Gasteiger partial charge >= 0.3 is 6.18 Å². The molecular weight excluding hydrogens is 371 g/mol. The average Bonchev–Trinajstić information content (AvgIpc) is 2.63. The highest BCUT2D eigenvalue weighted by atomic mass is 19.4. The van der Waals surface area contributed by atoms with E-state index >= 15 is 0 Å². The van der Waals surface area contributed by atoms with Gasteiger partial charge in [-0.1, -0.05) is 12.1 Å². The third-order valence-corrected chi connectivity index (χ3v) is 4.19. The predicted molar refractivity (Wildman–Crippen MR) is 99.5 cm³/mol. The van der Waals surface area contributed by atoms with Crippen LogP contribution in [0.1, 0.15) is 24.0 Å². The number of nitrogens with zero attached hydrogens (tertiary/aromatic N) is 1. The molecular formula is C19H20F3N5O. The van der Waals surface area contributed by atoms with E-state index in [2.05, 4.69) is 20.9 Å². The van der Waals surface area contributed by atoms with Crippen LogP contribution in [0.2, 0.25) is 0 Å². The van der Waals surface area contributed by atoms with Crippen molar-refractivity contribution < 1.29 is 18.0 Å². The molecule has 148 valence electrons. The first-order valence-corrected chi connectivity index (χ1v) is 8.68. The number of carbonyl (C=O) groups excluding carboxylic acids is 1. The number of nitrogens with one attached hydrogen (secondary N) is 3. The molecule has 1 aliphatic heterocycles. The molecule has 1 atom stereocenters. The van der Waals surface area contributed by atoms with Crippen LogP contribution in [0.3, 0.4) is 0 Å². The van der Waals surface area contributed by atoms with Gasteiger partial charge in [0.15, 0.2) is 0 Å². The number of hydrogen-bond donors (Lipinski definition) is 4. The number of allylic oxidation sites excluding steroid dienone is 4. The number of halogens is 3. The van der Waals surface area contributed by atoms with Crippen LogP contribution < -0.4 is 21.7 Å². The van der Waals surface area contributed by atoms with Gasteiger partial charge in [-0.2, -0.15) is 13.2 Å². The van der Waals surface area contributed by atoms with Crippen LogP contribution in [0.25, 0.3) is 0 Å². The van der Waals surface area contributed by atoms with Crippen molar-refractivity contribution in [1.29, 1.82) is 0 Å². The van der Waals surface area contributed by atoms with E-state index in [4.69, 9.17) is 5.73 Å². The number of amides is 1. The van der Waals surface area contributed by atoms with Crippen molar-refractivity contribution in [3.8, 4) is 0 Å². The quantitative estimate of drug-likeness (QED) is 0.620. The molecule has 1 heterocycles. The molecule has 2 aliphatic rings. The summed E-state index contributed by atoms with van der Waals surface area (Å²) in [6.07, 6.45) is 3.51. The van der Waals surface area contributed by atoms with Crippen LogP contribution in [-0.2, 0) is 17.4 Å². The number of nitrogens with two attached hydrogens (primary N) is 1. The molecule has 1 aliphatic carbocycles. The molecule has 1 aromatic carbocycles. The lowest BCUT2D eigenvalue weighted by Gasteiger charge is -2.20. The summed E-state index contributed by atoms with van der Waals surface area (Å²) in [5.41, 5.74) is 7.22. The van der Waals surface area contributed by atoms with Crippen molar-refractivity contribution in [3.05, 3.63) is 70.8 Å². The average molecular weight is 391 g/mol. The Kier molecular flexibility index (Phi) is 5.84. The van der Waals surface area contributed by atoms with E-state index in [1.807, 2.05) is 6.08 Å². The summed E-state index contributed by atoms with van der Waals surface area (Å²) in [4.78, 5) is 16.1. The topological polar surface area (TPSA) is 91.5 Å². The maximum atomic E-state index is 12.6. The molecule has 3 rings (SSSR count). The second-order valence-electron chi connectivity index (χ2n) is 6.42. The molecule has 6 nitrogen and oxygen atoms in total. The molecule has 1 aromatic rings. The normalized spacial score (nSPS) is 19.1. The lowest BCUT2D eigenvalue weighted by molar-refractivity contribution is -0.137. The fourth-order valence-electron chi connectivity index (χ4n) is 2.77. The fourth-order valence-corrected chi connectivity index (χ4v) is 2.77. The lowest BCUT2D eigenvalue weighted by atomic mass is 10.1. The fraction of sp³-hybridized carbons (Fsp3) is 0.263. The highest BCUT2D eigenvalue weighted by molar-refractivity contribution is 5.80. The molecule has 0 saturated carbocycles. The van der Waals surface area contributed by atoms with Gasteiger partial charge in [0, 0.05) is 11.4 Å². The van der Waals surface area contributed by atoms with E-state index in [1.54, 1.807) is 12.2 Å². The van der Waals surface area contributed by atoms with Crippen LogP contribution in [-0.4, -0.2) is 18.4 Å². The Bertz CT molecular complexity index is 853. The molecule has 0 aromatic heterocycles. The van der Waals surface area contributed by atoms with E-state index in [0.29, 0.717) is 18.4 Å². The van der Waals surface area contributed by atoms with Crippen LogP contribution in [0.4, 0.5) is 13.2 Å². The molecule has 0 fully saturated rings. The van der Waals surface area contributed by atoms with Crippen molar-refractivity contribution in [1.82, 2.24) is 16.0 Å². The lowest BCUT2D eigenvalue weighted by Crippen LogP contribution is -2.33. The molecule has 5 N–H and O–H groups in total. The molecule has 1 unspecified atom stereocenters. The minimum atomic E-state index is -4.38. The van der Waals surface area contributed by atoms with Gasteiger partial charge in [0.25, 0.3) is 0 Å². The van der Waals surface area contributed by atoms with Crippen molar-refractivity contribution >= 4 is 12.2 Å².